The maximum atomic E-state index is 13.0. The molecule has 0 atom stereocenters. The first-order valence-corrected chi connectivity index (χ1v) is 26.5. The summed E-state index contributed by atoms with van der Waals surface area (Å²) in [7, 11) is 0. The molecule has 0 rings (SSSR count). The molecule has 0 spiro atoms. The fraction of sp³-hybridized carbons (Fsp3) is 0.808. The highest BCUT2D eigenvalue weighted by Crippen LogP contribution is 2.15. The number of unbranched alkanes of at least 4 members (excludes halogenated alkanes) is 20. The highest BCUT2D eigenvalue weighted by Gasteiger charge is 2.26. The van der Waals surface area contributed by atoms with Crippen molar-refractivity contribution in [2.24, 2.45) is 0 Å². The maximum Gasteiger partial charge on any atom is 0.412 e. The Labute approximate surface area is 425 Å². The second-order valence-corrected chi connectivity index (χ2v) is 17.7. The molecule has 0 aromatic heterocycles. The van der Waals surface area contributed by atoms with Crippen LogP contribution in [-0.2, 0) is 85.8 Å². The number of carbonyl (C=O) groups excluding carboxylic acids is 8. The lowest BCUT2D eigenvalue weighted by atomic mass is 10.1. The molecule has 0 heterocycles. The fourth-order valence-corrected chi connectivity index (χ4v) is 6.89. The average Bonchev–Trinajstić information content (AvgIpc) is 3.33. The second kappa shape index (κ2) is 46.8. The number of esters is 8. The lowest BCUT2D eigenvalue weighted by molar-refractivity contribution is -0.258. The first kappa shape index (κ1) is 66.7. The van der Waals surface area contributed by atoms with Crippen LogP contribution in [0.15, 0.2) is 0 Å². The number of ether oxygens (including phenoxy) is 8. The van der Waals surface area contributed by atoms with Gasteiger partial charge < -0.3 is 48.1 Å². The van der Waals surface area contributed by atoms with E-state index in [0.29, 0.717) is 12.8 Å². The van der Waals surface area contributed by atoms with Crippen LogP contribution in [-0.4, -0.2) is 109 Å². The van der Waals surface area contributed by atoms with Gasteiger partial charge in [-0.15, -0.1) is 0 Å². The Kier molecular flexibility index (Phi) is 43.3. The molecule has 72 heavy (non-hydrogen) atoms. The molecule has 0 saturated carbocycles. The molecule has 0 unspecified atom stereocenters. The van der Waals surface area contributed by atoms with Gasteiger partial charge in [0.2, 0.25) is 0 Å². The minimum Gasteiger partial charge on any atom is -0.481 e. The van der Waals surface area contributed by atoms with Crippen LogP contribution in [0.2, 0.25) is 0 Å². The summed E-state index contributed by atoms with van der Waals surface area (Å²) in [6.45, 7) is 0.762. The largest absolute Gasteiger partial charge is 0.481 e. The summed E-state index contributed by atoms with van der Waals surface area (Å²) in [5.41, 5.74) is 0. The third-order valence-corrected chi connectivity index (χ3v) is 11.0. The Hall–Kier alpha value is -5.30. The van der Waals surface area contributed by atoms with Gasteiger partial charge in [0.05, 0.1) is 51.7 Å². The van der Waals surface area contributed by atoms with E-state index in [9.17, 15) is 47.9 Å². The number of carboxylic acids is 2. The highest BCUT2D eigenvalue weighted by molar-refractivity contribution is 5.79. The van der Waals surface area contributed by atoms with Crippen molar-refractivity contribution in [3.05, 3.63) is 0 Å². The molecule has 0 bridgehead atoms. The van der Waals surface area contributed by atoms with E-state index in [0.717, 1.165) is 51.4 Å². The Balaban J connectivity index is 5.33. The molecule has 0 aliphatic rings. The van der Waals surface area contributed by atoms with E-state index in [1.54, 1.807) is 0 Å². The van der Waals surface area contributed by atoms with Crippen molar-refractivity contribution >= 4 is 59.7 Å². The molecule has 0 amide bonds. The molecular formula is C52H86O20. The van der Waals surface area contributed by atoms with Crippen LogP contribution in [0.5, 0.6) is 0 Å². The number of carboxylic acid groups (broad SMARTS) is 2. The average molecular weight is 1030 g/mol. The van der Waals surface area contributed by atoms with E-state index in [1.165, 1.54) is 77.0 Å². The van der Waals surface area contributed by atoms with Gasteiger partial charge in [-0.1, -0.05) is 142 Å². The summed E-state index contributed by atoms with van der Waals surface area (Å²) in [4.78, 5) is 121. The fourth-order valence-electron chi connectivity index (χ4n) is 6.89. The Morgan fingerprint density at radius 2 is 0.556 bits per heavy atom. The molecule has 0 fully saturated rings. The summed E-state index contributed by atoms with van der Waals surface area (Å²) in [6, 6.07) is 0. The second-order valence-electron chi connectivity index (χ2n) is 17.7. The Bertz CT molecular complexity index is 1450. The number of aliphatic carboxylic acids is 2. The lowest BCUT2D eigenvalue weighted by Crippen LogP contribution is -2.32. The summed E-state index contributed by atoms with van der Waals surface area (Å²) < 4.78 is 41.0. The molecular weight excluding hydrogens is 945 g/mol. The predicted molar refractivity (Wildman–Crippen MR) is 259 cm³/mol. The number of rotatable bonds is 49. The summed E-state index contributed by atoms with van der Waals surface area (Å²) in [6.07, 6.45) is 19.5. The smallest absolute Gasteiger partial charge is 0.412 e. The van der Waals surface area contributed by atoms with Crippen LogP contribution in [0.3, 0.4) is 0 Å². The zero-order valence-electron chi connectivity index (χ0n) is 43.3. The van der Waals surface area contributed by atoms with E-state index in [2.05, 4.69) is 13.8 Å². The first-order valence-electron chi connectivity index (χ1n) is 26.5. The SMILES string of the molecule is CCCCCCCCCCCCCC(=O)OCC(COC(=O)CCCCCCCCCCCCC)OC(=O)CCC(=O)OC(OC(=O)CCCOC(=O)CCC(=O)O)OC(=O)CCCOC(=O)CCC(=O)O. The van der Waals surface area contributed by atoms with Gasteiger partial charge >= 0.3 is 66.2 Å². The quantitative estimate of drug-likeness (QED) is 0.0248. The van der Waals surface area contributed by atoms with Gasteiger partial charge in [0.15, 0.2) is 6.10 Å². The summed E-state index contributed by atoms with van der Waals surface area (Å²) >= 11 is 0. The number of carbonyl (C=O) groups is 10. The molecule has 20 heteroatoms. The van der Waals surface area contributed by atoms with E-state index in [4.69, 9.17) is 48.1 Å². The Morgan fingerprint density at radius 1 is 0.292 bits per heavy atom. The van der Waals surface area contributed by atoms with Crippen molar-refractivity contribution in [3.63, 3.8) is 0 Å². The van der Waals surface area contributed by atoms with Crippen molar-refractivity contribution in [2.45, 2.75) is 245 Å². The van der Waals surface area contributed by atoms with Gasteiger partial charge in [-0.25, -0.2) is 0 Å². The van der Waals surface area contributed by atoms with E-state index >= 15 is 0 Å². The zero-order valence-corrected chi connectivity index (χ0v) is 43.3. The van der Waals surface area contributed by atoms with Gasteiger partial charge in [-0.05, 0) is 25.7 Å². The van der Waals surface area contributed by atoms with Crippen molar-refractivity contribution in [2.75, 3.05) is 26.4 Å². The van der Waals surface area contributed by atoms with E-state index in [1.807, 2.05) is 0 Å². The third kappa shape index (κ3) is 45.8. The van der Waals surface area contributed by atoms with Crippen molar-refractivity contribution in [1.82, 2.24) is 0 Å². The Morgan fingerprint density at radius 3 is 0.889 bits per heavy atom. The van der Waals surface area contributed by atoms with Gasteiger partial charge in [-0.2, -0.15) is 0 Å². The number of hydrogen-bond donors (Lipinski definition) is 2. The number of hydrogen-bond acceptors (Lipinski definition) is 18. The van der Waals surface area contributed by atoms with Gasteiger partial charge in [0.25, 0.3) is 0 Å². The highest BCUT2D eigenvalue weighted by atomic mass is 16.9. The van der Waals surface area contributed by atoms with E-state index in [-0.39, 0.29) is 51.7 Å². The van der Waals surface area contributed by atoms with Crippen molar-refractivity contribution < 1.29 is 96.1 Å². The van der Waals surface area contributed by atoms with Crippen LogP contribution in [0.25, 0.3) is 0 Å². The topological polar surface area (TPSA) is 285 Å². The molecule has 0 saturated heterocycles. The van der Waals surface area contributed by atoms with Gasteiger partial charge in [0, 0.05) is 25.7 Å². The van der Waals surface area contributed by atoms with Crippen molar-refractivity contribution in [1.29, 1.82) is 0 Å². The standard InChI is InChI=1S/C52H86O20/c1-3-5-7-9-11-13-15-17-19-21-23-27-44(57)67-39-41(40-68-45(58)28-24-22-20-18-16-14-12-10-8-6-4-2)69-50(63)35-36-51(64)72-52(70-48(61)29-25-37-65-46(59)33-31-42(53)54)71-49(62)30-26-38-66-47(60)34-32-43(55)56/h41,52H,3-40H2,1-2H3,(H,53,54)(H,55,56). The van der Waals surface area contributed by atoms with Gasteiger partial charge in [0.1, 0.15) is 13.2 Å². The van der Waals surface area contributed by atoms with Crippen LogP contribution >= 0.6 is 0 Å². The lowest BCUT2D eigenvalue weighted by Gasteiger charge is -2.19. The minimum atomic E-state index is -2.24. The predicted octanol–water partition coefficient (Wildman–Crippen LogP) is 9.46. The zero-order chi connectivity index (χ0) is 53.5. The van der Waals surface area contributed by atoms with Crippen LogP contribution in [0, 0.1) is 0 Å². The molecule has 0 radical (unpaired) electrons. The molecule has 0 aliphatic carbocycles. The van der Waals surface area contributed by atoms with Crippen LogP contribution in [0.1, 0.15) is 232 Å². The molecule has 0 aliphatic heterocycles. The third-order valence-electron chi connectivity index (χ3n) is 11.0. The summed E-state index contributed by atoms with van der Waals surface area (Å²) in [5, 5.41) is 17.4. The van der Waals surface area contributed by atoms with Crippen LogP contribution < -0.4 is 0 Å². The normalized spacial score (nSPS) is 10.9. The molecule has 20 nitrogen and oxygen atoms in total. The molecule has 0 aromatic rings. The molecule has 414 valence electrons. The molecule has 2 N–H and O–H groups in total. The first-order chi connectivity index (χ1) is 34.6. The van der Waals surface area contributed by atoms with Crippen LogP contribution in [0.4, 0.5) is 0 Å². The molecule has 0 aromatic carbocycles. The monoisotopic (exact) mass is 1030 g/mol. The minimum absolute atomic E-state index is 0.101. The van der Waals surface area contributed by atoms with E-state index < -0.39 is 124 Å². The summed E-state index contributed by atoms with van der Waals surface area (Å²) in [5.74, 6) is -9.29. The van der Waals surface area contributed by atoms with Crippen molar-refractivity contribution in [3.8, 4) is 0 Å². The van der Waals surface area contributed by atoms with Gasteiger partial charge in [-0.3, -0.25) is 47.9 Å². The maximum absolute atomic E-state index is 13.0.